The van der Waals surface area contributed by atoms with Gasteiger partial charge in [-0.1, -0.05) is 23.5 Å². The molecule has 3 aromatic carbocycles. The van der Waals surface area contributed by atoms with Gasteiger partial charge in [0.15, 0.2) is 27.8 Å². The number of fused-ring (bicyclic) bond motifs is 2. The van der Waals surface area contributed by atoms with Crippen molar-refractivity contribution >= 4 is 29.1 Å². The van der Waals surface area contributed by atoms with Gasteiger partial charge in [-0.15, -0.1) is 0 Å². The average Bonchev–Trinajstić information content (AvgIpc) is 3.63. The molecule has 4 aromatic rings. The van der Waals surface area contributed by atoms with E-state index in [9.17, 15) is 19.7 Å². The molecule has 6 rings (SSSR count). The number of esters is 1. The lowest BCUT2D eigenvalue weighted by Crippen LogP contribution is -2.39. The first-order chi connectivity index (χ1) is 22.3. The Kier molecular flexibility index (Phi) is 8.57. The second-order valence-corrected chi connectivity index (χ2v) is 11.3. The van der Waals surface area contributed by atoms with E-state index in [0.717, 1.165) is 5.56 Å². The summed E-state index contributed by atoms with van der Waals surface area (Å²) in [6.07, 6.45) is 1.74. The van der Waals surface area contributed by atoms with Crippen molar-refractivity contribution < 1.29 is 33.4 Å². The monoisotopic (exact) mass is 643 g/mol. The van der Waals surface area contributed by atoms with Gasteiger partial charge < -0.3 is 23.7 Å². The van der Waals surface area contributed by atoms with Gasteiger partial charge in [0.05, 0.1) is 40.0 Å². The van der Waals surface area contributed by atoms with Crippen LogP contribution in [0.5, 0.6) is 23.0 Å². The SMILES string of the molecule is CCOC(=O)C1=C(C)N=c2s/c(=C\c3ccc(OCc4ccc([N+](=O)[O-])cc4)c(OCC)c3)c(=O)n2[C@@H]1c1ccc2c(c1)OCO2. The molecule has 0 saturated heterocycles. The number of nitro groups is 1. The Morgan fingerprint density at radius 1 is 1.04 bits per heavy atom. The third kappa shape index (κ3) is 5.96. The highest BCUT2D eigenvalue weighted by Gasteiger charge is 2.34. The van der Waals surface area contributed by atoms with E-state index in [1.807, 2.05) is 6.92 Å². The summed E-state index contributed by atoms with van der Waals surface area (Å²) in [7, 11) is 0. The number of hydrogen-bond donors (Lipinski definition) is 0. The Bertz CT molecular complexity index is 2050. The molecule has 236 valence electrons. The number of nitro benzene ring substituents is 1. The predicted octanol–water partition coefficient (Wildman–Crippen LogP) is 4.41. The number of non-ortho nitro benzene ring substituents is 1. The molecule has 1 aromatic heterocycles. The molecular weight excluding hydrogens is 614 g/mol. The second kappa shape index (κ2) is 12.9. The molecule has 0 unspecified atom stereocenters. The Labute approximate surface area is 266 Å². The highest BCUT2D eigenvalue weighted by Crippen LogP contribution is 2.38. The summed E-state index contributed by atoms with van der Waals surface area (Å²) in [4.78, 5) is 42.8. The fraction of sp³-hybridized carbons (Fsp3) is 0.242. The third-order valence-electron chi connectivity index (χ3n) is 7.34. The molecule has 0 spiro atoms. The lowest BCUT2D eigenvalue weighted by molar-refractivity contribution is -0.384. The summed E-state index contributed by atoms with van der Waals surface area (Å²) in [6, 6.07) is 16.0. The number of carbonyl (C=O) groups excluding carboxylic acids is 1. The predicted molar refractivity (Wildman–Crippen MR) is 168 cm³/mol. The molecule has 1 atom stereocenters. The first-order valence-corrected chi connectivity index (χ1v) is 15.3. The van der Waals surface area contributed by atoms with Gasteiger partial charge in [0.2, 0.25) is 6.79 Å². The number of aromatic nitrogens is 1. The Balaban J connectivity index is 1.36. The number of allylic oxidation sites excluding steroid dienone is 1. The molecule has 0 N–H and O–H groups in total. The fourth-order valence-electron chi connectivity index (χ4n) is 5.22. The molecule has 0 aliphatic carbocycles. The van der Waals surface area contributed by atoms with Crippen LogP contribution in [0.4, 0.5) is 5.69 Å². The van der Waals surface area contributed by atoms with Gasteiger partial charge in [-0.05, 0) is 79.9 Å². The second-order valence-electron chi connectivity index (χ2n) is 10.3. The number of benzene rings is 3. The molecule has 0 amide bonds. The highest BCUT2D eigenvalue weighted by atomic mass is 32.1. The maximum Gasteiger partial charge on any atom is 0.338 e. The van der Waals surface area contributed by atoms with Crippen molar-refractivity contribution in [3.8, 4) is 23.0 Å². The normalized spacial score (nSPS) is 15.3. The smallest absolute Gasteiger partial charge is 0.338 e. The first-order valence-electron chi connectivity index (χ1n) is 14.5. The fourth-order valence-corrected chi connectivity index (χ4v) is 6.27. The van der Waals surface area contributed by atoms with E-state index in [-0.39, 0.29) is 36.8 Å². The molecule has 2 aliphatic rings. The molecule has 46 heavy (non-hydrogen) atoms. The van der Waals surface area contributed by atoms with Crippen molar-refractivity contribution in [1.29, 1.82) is 0 Å². The number of rotatable bonds is 10. The summed E-state index contributed by atoms with van der Waals surface area (Å²) < 4.78 is 30.2. The zero-order valence-electron chi connectivity index (χ0n) is 25.2. The van der Waals surface area contributed by atoms with E-state index in [2.05, 4.69) is 4.99 Å². The minimum Gasteiger partial charge on any atom is -0.490 e. The van der Waals surface area contributed by atoms with Crippen molar-refractivity contribution in [2.75, 3.05) is 20.0 Å². The van der Waals surface area contributed by atoms with E-state index >= 15 is 0 Å². The van der Waals surface area contributed by atoms with E-state index in [0.29, 0.717) is 55.8 Å². The van der Waals surface area contributed by atoms with Crippen molar-refractivity contribution in [2.45, 2.75) is 33.4 Å². The topological polar surface area (TPSA) is 141 Å². The Hall–Kier alpha value is -5.43. The van der Waals surface area contributed by atoms with Crippen LogP contribution in [-0.2, 0) is 16.1 Å². The van der Waals surface area contributed by atoms with E-state index in [1.165, 1.54) is 28.0 Å². The Morgan fingerprint density at radius 2 is 1.83 bits per heavy atom. The molecule has 0 fully saturated rings. The molecule has 0 saturated carbocycles. The van der Waals surface area contributed by atoms with Crippen LogP contribution in [0, 0.1) is 10.1 Å². The molecule has 0 bridgehead atoms. The Morgan fingerprint density at radius 3 is 2.57 bits per heavy atom. The van der Waals surface area contributed by atoms with E-state index < -0.39 is 16.9 Å². The number of hydrogen-bond acceptors (Lipinski definition) is 11. The number of ether oxygens (including phenoxy) is 5. The third-order valence-corrected chi connectivity index (χ3v) is 8.32. The van der Waals surface area contributed by atoms with Gasteiger partial charge in [0.25, 0.3) is 11.2 Å². The van der Waals surface area contributed by atoms with Crippen LogP contribution in [0.25, 0.3) is 6.08 Å². The molecule has 2 aliphatic heterocycles. The van der Waals surface area contributed by atoms with Crippen LogP contribution < -0.4 is 33.8 Å². The molecule has 0 radical (unpaired) electrons. The van der Waals surface area contributed by atoms with E-state index in [4.69, 9.17) is 23.7 Å². The highest BCUT2D eigenvalue weighted by molar-refractivity contribution is 7.07. The van der Waals surface area contributed by atoms with Crippen molar-refractivity contribution in [2.24, 2.45) is 4.99 Å². The van der Waals surface area contributed by atoms with Crippen LogP contribution in [0.3, 0.4) is 0 Å². The maximum atomic E-state index is 14.0. The van der Waals surface area contributed by atoms with Crippen LogP contribution in [0.1, 0.15) is 43.5 Å². The quantitative estimate of drug-likeness (QED) is 0.140. The summed E-state index contributed by atoms with van der Waals surface area (Å²) in [5.41, 5.74) is 2.52. The molecular formula is C33H29N3O9S. The van der Waals surface area contributed by atoms with Gasteiger partial charge in [0, 0.05) is 12.1 Å². The van der Waals surface area contributed by atoms with Crippen molar-refractivity contribution in [3.05, 3.63) is 118 Å². The minimum atomic E-state index is -0.791. The average molecular weight is 644 g/mol. The summed E-state index contributed by atoms with van der Waals surface area (Å²) in [5, 5.41) is 10.9. The standard InChI is InChI=1S/C33H29N3O9S/c1-4-41-26-14-21(8-12-24(26)43-17-20-6-10-23(11-7-20)36(39)40)15-28-31(37)35-30(22-9-13-25-27(16-22)45-18-44-25)29(32(38)42-5-2)19(3)34-33(35)46-28/h6-16,30H,4-5,17-18H2,1-3H3/b28-15-/t30-/m1/s1. The van der Waals surface area contributed by atoms with Gasteiger partial charge in [-0.2, -0.15) is 0 Å². The minimum absolute atomic E-state index is 0.00267. The van der Waals surface area contributed by atoms with E-state index in [1.54, 1.807) is 68.5 Å². The van der Waals surface area contributed by atoms with Crippen LogP contribution in [0.15, 0.2) is 81.7 Å². The van der Waals surface area contributed by atoms with Gasteiger partial charge in [-0.3, -0.25) is 19.5 Å². The molecule has 12 nitrogen and oxygen atoms in total. The number of thiazole rings is 1. The first kappa shape index (κ1) is 30.6. The van der Waals surface area contributed by atoms with Crippen LogP contribution >= 0.6 is 11.3 Å². The lowest BCUT2D eigenvalue weighted by atomic mass is 9.95. The van der Waals surface area contributed by atoms with Crippen LogP contribution in [-0.4, -0.2) is 35.5 Å². The molecule has 13 heteroatoms. The lowest BCUT2D eigenvalue weighted by Gasteiger charge is -2.24. The van der Waals surface area contributed by atoms with Gasteiger partial charge in [0.1, 0.15) is 6.61 Å². The number of carbonyl (C=O) groups is 1. The van der Waals surface area contributed by atoms with Crippen LogP contribution in [0.2, 0.25) is 0 Å². The zero-order chi connectivity index (χ0) is 32.4. The summed E-state index contributed by atoms with van der Waals surface area (Å²) in [6.45, 7) is 6.12. The largest absolute Gasteiger partial charge is 0.490 e. The molecule has 3 heterocycles. The van der Waals surface area contributed by atoms with Gasteiger partial charge >= 0.3 is 5.97 Å². The van der Waals surface area contributed by atoms with Crippen molar-refractivity contribution in [1.82, 2.24) is 4.57 Å². The summed E-state index contributed by atoms with van der Waals surface area (Å²) >= 11 is 1.21. The number of nitrogens with zero attached hydrogens (tertiary/aromatic N) is 3. The summed E-state index contributed by atoms with van der Waals surface area (Å²) in [5.74, 6) is 1.52. The van der Waals surface area contributed by atoms with Gasteiger partial charge in [-0.25, -0.2) is 9.79 Å². The zero-order valence-corrected chi connectivity index (χ0v) is 26.0. The van der Waals surface area contributed by atoms with Crippen molar-refractivity contribution in [3.63, 3.8) is 0 Å². The maximum absolute atomic E-state index is 14.0.